The molecule has 0 heterocycles. The molecule has 0 spiro atoms. The summed E-state index contributed by atoms with van der Waals surface area (Å²) in [5.41, 5.74) is 0. The van der Waals surface area contributed by atoms with Gasteiger partial charge in [-0.3, -0.25) is 9.59 Å². The van der Waals surface area contributed by atoms with Crippen molar-refractivity contribution < 1.29 is 24.5 Å². The maximum absolute atomic E-state index is 12.6. The maximum Gasteiger partial charge on any atom is 0.305 e. The lowest BCUT2D eigenvalue weighted by Gasteiger charge is -2.22. The minimum Gasteiger partial charge on any atom is -0.466 e. The van der Waals surface area contributed by atoms with Crippen molar-refractivity contribution in [3.63, 3.8) is 0 Å². The summed E-state index contributed by atoms with van der Waals surface area (Å²) in [6.07, 6.45) is 97.0. The van der Waals surface area contributed by atoms with Gasteiger partial charge in [0.05, 0.1) is 25.4 Å². The molecular formula is C80H155NO5. The third-order valence-electron chi connectivity index (χ3n) is 18.8. The lowest BCUT2D eigenvalue weighted by molar-refractivity contribution is -0.143. The van der Waals surface area contributed by atoms with Gasteiger partial charge in [0.25, 0.3) is 0 Å². The third-order valence-corrected chi connectivity index (χ3v) is 18.8. The van der Waals surface area contributed by atoms with Crippen LogP contribution in [0, 0.1) is 0 Å². The predicted molar refractivity (Wildman–Crippen MR) is 380 cm³/mol. The predicted octanol–water partition coefficient (Wildman–Crippen LogP) is 26.0. The van der Waals surface area contributed by atoms with E-state index >= 15 is 0 Å². The second-order valence-electron chi connectivity index (χ2n) is 27.4. The lowest BCUT2D eigenvalue weighted by Crippen LogP contribution is -2.45. The molecule has 86 heavy (non-hydrogen) atoms. The van der Waals surface area contributed by atoms with Crippen LogP contribution in [0.4, 0.5) is 0 Å². The summed E-state index contributed by atoms with van der Waals surface area (Å²) in [6.45, 7) is 4.97. The van der Waals surface area contributed by atoms with Crippen molar-refractivity contribution in [2.24, 2.45) is 0 Å². The smallest absolute Gasteiger partial charge is 0.305 e. The molecule has 510 valence electrons. The van der Waals surface area contributed by atoms with E-state index in [-0.39, 0.29) is 18.5 Å². The number of carbonyl (C=O) groups excluding carboxylic acids is 2. The van der Waals surface area contributed by atoms with E-state index in [0.717, 1.165) is 51.4 Å². The molecular weight excluding hydrogens is 1050 g/mol. The Kier molecular flexibility index (Phi) is 74.3. The Hall–Kier alpha value is -1.66. The van der Waals surface area contributed by atoms with Crippen LogP contribution >= 0.6 is 0 Å². The number of amides is 1. The van der Waals surface area contributed by atoms with Crippen LogP contribution in [0.1, 0.15) is 450 Å². The quantitative estimate of drug-likeness (QED) is 0.0320. The third kappa shape index (κ3) is 71.4. The SMILES string of the molecule is CCCCC/C=C\C/C=C\CCCCCCCC(=O)OCCCCCCCCCCCCCCCCCCCCCCCCCCCCCCCCCCCC(=O)NC(CO)C(O)CCCCCCCCCCCCCCCCCCCCCCC. The Labute approximate surface area is 539 Å². The van der Waals surface area contributed by atoms with Crippen molar-refractivity contribution in [1.29, 1.82) is 0 Å². The normalized spacial score (nSPS) is 12.6. The zero-order valence-electron chi connectivity index (χ0n) is 58.6. The van der Waals surface area contributed by atoms with E-state index in [9.17, 15) is 19.8 Å². The molecule has 6 nitrogen and oxygen atoms in total. The fraction of sp³-hybridized carbons (Fsp3) is 0.925. The minimum atomic E-state index is -0.662. The number of aliphatic hydroxyl groups is 2. The number of unbranched alkanes of at least 4 members (excludes halogenated alkanes) is 60. The number of rotatable bonds is 75. The van der Waals surface area contributed by atoms with Crippen molar-refractivity contribution in [2.75, 3.05) is 13.2 Å². The summed E-state index contributed by atoms with van der Waals surface area (Å²) in [6, 6.07) is -0.538. The van der Waals surface area contributed by atoms with Crippen LogP contribution in [-0.2, 0) is 14.3 Å². The maximum atomic E-state index is 12.6. The molecule has 0 saturated carbocycles. The number of esters is 1. The molecule has 0 aromatic carbocycles. The average molecular weight is 1210 g/mol. The summed E-state index contributed by atoms with van der Waals surface area (Å²) in [7, 11) is 0. The van der Waals surface area contributed by atoms with Crippen molar-refractivity contribution >= 4 is 11.9 Å². The number of nitrogens with one attached hydrogen (secondary N) is 1. The molecule has 0 bridgehead atoms. The zero-order valence-corrected chi connectivity index (χ0v) is 58.6. The first-order valence-electron chi connectivity index (χ1n) is 39.6. The first kappa shape index (κ1) is 84.3. The summed E-state index contributed by atoms with van der Waals surface area (Å²) in [5.74, 6) is -0.0163. The Morgan fingerprint density at radius 1 is 0.326 bits per heavy atom. The van der Waals surface area contributed by atoms with E-state index in [1.54, 1.807) is 0 Å². The number of hydrogen-bond acceptors (Lipinski definition) is 5. The second kappa shape index (κ2) is 75.8. The van der Waals surface area contributed by atoms with E-state index in [0.29, 0.717) is 25.9 Å². The van der Waals surface area contributed by atoms with Gasteiger partial charge in [0.15, 0.2) is 0 Å². The van der Waals surface area contributed by atoms with Gasteiger partial charge in [-0.2, -0.15) is 0 Å². The van der Waals surface area contributed by atoms with Crippen molar-refractivity contribution in [3.8, 4) is 0 Å². The van der Waals surface area contributed by atoms with Crippen LogP contribution in [0.2, 0.25) is 0 Å². The average Bonchev–Trinajstić information content (AvgIpc) is 3.53. The number of carbonyl (C=O) groups is 2. The van der Waals surface area contributed by atoms with Crippen LogP contribution in [0.5, 0.6) is 0 Å². The molecule has 0 fully saturated rings. The highest BCUT2D eigenvalue weighted by atomic mass is 16.5. The highest BCUT2D eigenvalue weighted by molar-refractivity contribution is 5.76. The summed E-state index contributed by atoms with van der Waals surface area (Å²) in [5, 5.41) is 23.5. The molecule has 0 aromatic rings. The van der Waals surface area contributed by atoms with E-state index in [2.05, 4.69) is 43.5 Å². The summed E-state index contributed by atoms with van der Waals surface area (Å²) < 4.78 is 5.49. The standard InChI is InChI=1S/C80H155NO5/c1-3-5-7-9-11-13-15-17-19-20-21-35-38-41-45-48-52-56-60-64-68-72-78(83)77(76-82)81-79(84)73-69-65-61-57-53-49-46-42-39-36-33-31-29-27-25-23-22-24-26-28-30-32-34-37-40-43-47-51-55-59-63-67-71-75-86-80(85)74-70-66-62-58-54-50-44-18-16-14-12-10-8-6-4-2/h12,14,18,44,77-78,82-83H,3-11,13,15-17,19-43,45-76H2,1-2H3,(H,81,84)/b14-12-,44-18-. The van der Waals surface area contributed by atoms with Crippen molar-refractivity contribution in [3.05, 3.63) is 24.3 Å². The van der Waals surface area contributed by atoms with E-state index in [4.69, 9.17) is 4.74 Å². The molecule has 0 radical (unpaired) electrons. The molecule has 0 aliphatic rings. The van der Waals surface area contributed by atoms with Gasteiger partial charge in [-0.25, -0.2) is 0 Å². The molecule has 0 aromatic heterocycles. The van der Waals surface area contributed by atoms with E-state index in [1.807, 2.05) is 0 Å². The fourth-order valence-electron chi connectivity index (χ4n) is 12.7. The molecule has 1 amide bonds. The Bertz CT molecular complexity index is 1350. The molecule has 0 rings (SSSR count). The van der Waals surface area contributed by atoms with Crippen LogP contribution in [-0.4, -0.2) is 47.4 Å². The second-order valence-corrected chi connectivity index (χ2v) is 27.4. The largest absolute Gasteiger partial charge is 0.466 e. The Morgan fingerprint density at radius 2 is 0.581 bits per heavy atom. The van der Waals surface area contributed by atoms with Crippen LogP contribution in [0.3, 0.4) is 0 Å². The van der Waals surface area contributed by atoms with Gasteiger partial charge in [-0.15, -0.1) is 0 Å². The number of aliphatic hydroxyl groups excluding tert-OH is 2. The first-order chi connectivity index (χ1) is 42.5. The van der Waals surface area contributed by atoms with E-state index in [1.165, 1.54) is 366 Å². The van der Waals surface area contributed by atoms with E-state index < -0.39 is 12.1 Å². The number of hydrogen-bond donors (Lipinski definition) is 3. The summed E-state index contributed by atoms with van der Waals surface area (Å²) >= 11 is 0. The number of allylic oxidation sites excluding steroid dienone is 4. The first-order valence-corrected chi connectivity index (χ1v) is 39.6. The highest BCUT2D eigenvalue weighted by Gasteiger charge is 2.20. The van der Waals surface area contributed by atoms with Gasteiger partial charge in [0, 0.05) is 12.8 Å². The Balaban J connectivity index is 3.32. The lowest BCUT2D eigenvalue weighted by atomic mass is 10.0. The molecule has 3 N–H and O–H groups in total. The molecule has 0 aliphatic carbocycles. The van der Waals surface area contributed by atoms with Gasteiger partial charge in [0.1, 0.15) is 0 Å². The van der Waals surface area contributed by atoms with Crippen LogP contribution in [0.25, 0.3) is 0 Å². The molecule has 0 aliphatic heterocycles. The van der Waals surface area contributed by atoms with Gasteiger partial charge in [-0.05, 0) is 57.8 Å². The Morgan fingerprint density at radius 3 is 0.907 bits per heavy atom. The fourth-order valence-corrected chi connectivity index (χ4v) is 12.7. The highest BCUT2D eigenvalue weighted by Crippen LogP contribution is 2.20. The zero-order chi connectivity index (χ0) is 62.0. The van der Waals surface area contributed by atoms with Crippen LogP contribution in [0.15, 0.2) is 24.3 Å². The van der Waals surface area contributed by atoms with Gasteiger partial charge in [-0.1, -0.05) is 404 Å². The molecule has 6 heteroatoms. The monoisotopic (exact) mass is 1210 g/mol. The van der Waals surface area contributed by atoms with Crippen molar-refractivity contribution in [2.45, 2.75) is 463 Å². The summed E-state index contributed by atoms with van der Waals surface area (Å²) in [4.78, 5) is 24.6. The topological polar surface area (TPSA) is 95.9 Å². The van der Waals surface area contributed by atoms with Gasteiger partial charge >= 0.3 is 5.97 Å². The number of ether oxygens (including phenoxy) is 1. The van der Waals surface area contributed by atoms with Gasteiger partial charge < -0.3 is 20.3 Å². The minimum absolute atomic E-state index is 0.00856. The molecule has 2 atom stereocenters. The van der Waals surface area contributed by atoms with Crippen LogP contribution < -0.4 is 5.32 Å². The molecule has 0 saturated heterocycles. The van der Waals surface area contributed by atoms with Crippen molar-refractivity contribution in [1.82, 2.24) is 5.32 Å². The molecule has 2 unspecified atom stereocenters. The van der Waals surface area contributed by atoms with Gasteiger partial charge in [0.2, 0.25) is 5.91 Å².